The van der Waals surface area contributed by atoms with Gasteiger partial charge in [0.05, 0.1) is 40.1 Å². The molecule has 1 fully saturated rings. The van der Waals surface area contributed by atoms with Gasteiger partial charge in [-0.2, -0.15) is 10.5 Å². The molecule has 1 saturated carbocycles. The zero-order valence-corrected chi connectivity index (χ0v) is 25.0. The number of halogens is 1. The quantitative estimate of drug-likeness (QED) is 0.241. The molecular weight excluding hydrogens is 557 g/mol. The first kappa shape index (κ1) is 28.8. The average Bonchev–Trinajstić information content (AvgIpc) is 3.66. The van der Waals surface area contributed by atoms with Crippen molar-refractivity contribution in [2.45, 2.75) is 45.2 Å². The molecule has 2 N–H and O–H groups in total. The third-order valence-electron chi connectivity index (χ3n) is 8.15. The third kappa shape index (κ3) is 5.11. The fraction of sp³-hybridized carbons (Fsp3) is 0.333. The van der Waals surface area contributed by atoms with Gasteiger partial charge in [0, 0.05) is 42.4 Å². The van der Waals surface area contributed by atoms with Crippen molar-refractivity contribution in [3.05, 3.63) is 87.7 Å². The van der Waals surface area contributed by atoms with E-state index in [0.29, 0.717) is 63.9 Å². The van der Waals surface area contributed by atoms with Crippen LogP contribution in [0.4, 0.5) is 15.8 Å². The molecule has 0 bridgehead atoms. The normalized spacial score (nSPS) is 14.6. The standard InChI is InChI=1S/C33H32FN9O/c1-32(2,3)19-38-29-21(15-36)16-37-28-20(14-35)12-22(13-26(28)29)39-30(27-17-43(41-40-27)33(18-34)9-10-33)24-6-5-7-25-23(24)8-11-42(4)31(25)44/h5-8,11-13,16-17,30,39H,9-10,18-19H2,1-4H3,(H,37,38). The van der Waals surface area contributed by atoms with Gasteiger partial charge < -0.3 is 15.2 Å². The summed E-state index contributed by atoms with van der Waals surface area (Å²) in [5, 5.41) is 37.6. The Morgan fingerprint density at radius 1 is 1.09 bits per heavy atom. The first-order valence-corrected chi connectivity index (χ1v) is 14.4. The first-order chi connectivity index (χ1) is 21.1. The minimum absolute atomic E-state index is 0.0723. The zero-order valence-electron chi connectivity index (χ0n) is 25.0. The molecule has 0 amide bonds. The summed E-state index contributed by atoms with van der Waals surface area (Å²) in [5.41, 5.74) is 2.78. The van der Waals surface area contributed by atoms with Gasteiger partial charge in [0.1, 0.15) is 24.5 Å². The van der Waals surface area contributed by atoms with E-state index in [1.807, 2.05) is 24.3 Å². The molecule has 11 heteroatoms. The van der Waals surface area contributed by atoms with Crippen molar-refractivity contribution in [3.8, 4) is 12.1 Å². The molecule has 0 saturated heterocycles. The molecule has 10 nitrogen and oxygen atoms in total. The average molecular weight is 590 g/mol. The van der Waals surface area contributed by atoms with E-state index in [1.165, 1.54) is 10.8 Å². The number of aryl methyl sites for hydroxylation is 1. The van der Waals surface area contributed by atoms with E-state index in [9.17, 15) is 19.7 Å². The van der Waals surface area contributed by atoms with Crippen LogP contribution in [-0.2, 0) is 12.6 Å². The molecule has 0 aliphatic heterocycles. The molecule has 0 spiro atoms. The first-order valence-electron chi connectivity index (χ1n) is 14.4. The van der Waals surface area contributed by atoms with Gasteiger partial charge in [0.15, 0.2) is 0 Å². The smallest absolute Gasteiger partial charge is 0.258 e. The molecule has 1 aliphatic rings. The number of hydrogen-bond donors (Lipinski definition) is 2. The number of alkyl halides is 1. The largest absolute Gasteiger partial charge is 0.383 e. The molecular formula is C33H32FN9O. The molecule has 1 atom stereocenters. The van der Waals surface area contributed by atoms with Crippen LogP contribution < -0.4 is 16.2 Å². The Labute approximate surface area is 253 Å². The van der Waals surface area contributed by atoms with E-state index in [-0.39, 0.29) is 11.0 Å². The maximum atomic E-state index is 14.0. The van der Waals surface area contributed by atoms with Crippen molar-refractivity contribution in [2.75, 3.05) is 23.9 Å². The van der Waals surface area contributed by atoms with Crippen LogP contribution in [0.15, 0.2) is 59.8 Å². The lowest BCUT2D eigenvalue weighted by atomic mass is 9.96. The third-order valence-corrected chi connectivity index (χ3v) is 8.15. The number of nitrogens with one attached hydrogen (secondary N) is 2. The summed E-state index contributed by atoms with van der Waals surface area (Å²) in [6, 6.07) is 14.8. The lowest BCUT2D eigenvalue weighted by Crippen LogP contribution is -2.20. The van der Waals surface area contributed by atoms with Gasteiger partial charge in [-0.1, -0.05) is 38.1 Å². The highest BCUT2D eigenvalue weighted by Crippen LogP contribution is 2.44. The monoisotopic (exact) mass is 589 g/mol. The minimum Gasteiger partial charge on any atom is -0.383 e. The van der Waals surface area contributed by atoms with E-state index in [4.69, 9.17) is 0 Å². The molecule has 3 aromatic heterocycles. The Hall–Kier alpha value is -5.29. The van der Waals surface area contributed by atoms with Crippen molar-refractivity contribution >= 4 is 33.1 Å². The number of benzene rings is 2. The Morgan fingerprint density at radius 2 is 1.86 bits per heavy atom. The summed E-state index contributed by atoms with van der Waals surface area (Å²) in [4.78, 5) is 17.5. The van der Waals surface area contributed by atoms with Crippen molar-refractivity contribution in [1.82, 2.24) is 24.5 Å². The Kier molecular flexibility index (Phi) is 7.05. The van der Waals surface area contributed by atoms with Gasteiger partial charge >= 0.3 is 0 Å². The van der Waals surface area contributed by atoms with Crippen LogP contribution in [0.1, 0.15) is 62.0 Å². The Bertz CT molecular complexity index is 2060. The number of rotatable bonds is 8. The molecule has 0 radical (unpaired) electrons. The maximum Gasteiger partial charge on any atom is 0.258 e. The number of pyridine rings is 2. The van der Waals surface area contributed by atoms with Crippen LogP contribution in [0.5, 0.6) is 0 Å². The van der Waals surface area contributed by atoms with Crippen LogP contribution in [-0.4, -0.2) is 37.8 Å². The summed E-state index contributed by atoms with van der Waals surface area (Å²) in [6.45, 7) is 6.33. The molecule has 2 aromatic carbocycles. The Balaban J connectivity index is 1.53. The number of nitriles is 2. The van der Waals surface area contributed by atoms with Gasteiger partial charge in [-0.3, -0.25) is 9.78 Å². The number of fused-ring (bicyclic) bond motifs is 2. The van der Waals surface area contributed by atoms with E-state index in [1.54, 1.807) is 36.3 Å². The minimum atomic E-state index is -0.672. The van der Waals surface area contributed by atoms with Gasteiger partial charge in [0.2, 0.25) is 0 Å². The summed E-state index contributed by atoms with van der Waals surface area (Å²) in [6.07, 6.45) is 6.32. The van der Waals surface area contributed by atoms with Gasteiger partial charge in [-0.25, -0.2) is 9.07 Å². The predicted octanol–water partition coefficient (Wildman–Crippen LogP) is 5.54. The molecule has 5 aromatic rings. The highest BCUT2D eigenvalue weighted by molar-refractivity contribution is 5.99. The van der Waals surface area contributed by atoms with E-state index in [0.717, 1.165) is 10.9 Å². The number of aromatic nitrogens is 5. The van der Waals surface area contributed by atoms with Crippen LogP contribution >= 0.6 is 0 Å². The lowest BCUT2D eigenvalue weighted by Gasteiger charge is -2.23. The van der Waals surface area contributed by atoms with E-state index < -0.39 is 18.3 Å². The fourth-order valence-corrected chi connectivity index (χ4v) is 5.44. The summed E-state index contributed by atoms with van der Waals surface area (Å²) in [7, 11) is 1.70. The number of anilines is 2. The van der Waals surface area contributed by atoms with E-state index >= 15 is 0 Å². The Morgan fingerprint density at radius 3 is 2.55 bits per heavy atom. The van der Waals surface area contributed by atoms with Crippen LogP contribution in [0.25, 0.3) is 21.7 Å². The van der Waals surface area contributed by atoms with Gasteiger partial charge in [0.25, 0.3) is 5.56 Å². The van der Waals surface area contributed by atoms with Crippen molar-refractivity contribution in [3.63, 3.8) is 0 Å². The summed E-state index contributed by atoms with van der Waals surface area (Å²) >= 11 is 0. The van der Waals surface area contributed by atoms with Crippen LogP contribution in [0.3, 0.4) is 0 Å². The molecule has 1 aliphatic carbocycles. The predicted molar refractivity (Wildman–Crippen MR) is 167 cm³/mol. The second kappa shape index (κ2) is 10.8. The molecule has 222 valence electrons. The lowest BCUT2D eigenvalue weighted by molar-refractivity contribution is 0.309. The van der Waals surface area contributed by atoms with Crippen LogP contribution in [0.2, 0.25) is 0 Å². The topological polar surface area (TPSA) is 137 Å². The van der Waals surface area contributed by atoms with Crippen LogP contribution in [0, 0.1) is 28.1 Å². The maximum absolute atomic E-state index is 14.0. The highest BCUT2D eigenvalue weighted by Gasteiger charge is 2.46. The second-order valence-electron chi connectivity index (χ2n) is 12.7. The highest BCUT2D eigenvalue weighted by atomic mass is 19.1. The van der Waals surface area contributed by atoms with Gasteiger partial charge in [-0.05, 0) is 53.5 Å². The molecule has 6 rings (SSSR count). The van der Waals surface area contributed by atoms with Crippen molar-refractivity contribution in [2.24, 2.45) is 12.5 Å². The SMILES string of the molecule is Cn1ccc2c(C(Nc3cc(C#N)c4ncc(C#N)c(NCC(C)(C)C)c4c3)c3cn(C4(CF)CC4)nn3)cccc2c1=O. The van der Waals surface area contributed by atoms with E-state index in [2.05, 4.69) is 58.8 Å². The zero-order chi connectivity index (χ0) is 31.2. The second-order valence-corrected chi connectivity index (χ2v) is 12.7. The molecule has 44 heavy (non-hydrogen) atoms. The van der Waals surface area contributed by atoms with Gasteiger partial charge in [-0.15, -0.1) is 5.10 Å². The van der Waals surface area contributed by atoms with Crippen molar-refractivity contribution < 1.29 is 4.39 Å². The molecule has 1 unspecified atom stereocenters. The van der Waals surface area contributed by atoms with Crippen molar-refractivity contribution in [1.29, 1.82) is 10.5 Å². The summed E-state index contributed by atoms with van der Waals surface area (Å²) < 4.78 is 17.1. The molecule has 3 heterocycles. The number of nitrogens with zero attached hydrogens (tertiary/aromatic N) is 7. The summed E-state index contributed by atoms with van der Waals surface area (Å²) in [5.74, 6) is 0. The fourth-order valence-electron chi connectivity index (χ4n) is 5.44. The number of hydrogen-bond acceptors (Lipinski definition) is 8.